The molecule has 0 aliphatic heterocycles. The van der Waals surface area contributed by atoms with Crippen molar-refractivity contribution in [2.75, 3.05) is 33.9 Å². The molecular formula is C39H45NO4. The van der Waals surface area contributed by atoms with Gasteiger partial charge in [-0.05, 0) is 96.3 Å². The second-order valence-electron chi connectivity index (χ2n) is 11.6. The molecule has 0 N–H and O–H groups in total. The molecule has 44 heavy (non-hydrogen) atoms. The number of hydrogen-bond acceptors (Lipinski definition) is 5. The average molecular weight is 592 g/mol. The summed E-state index contributed by atoms with van der Waals surface area (Å²) in [6, 6.07) is 33.0. The Morgan fingerprint density at radius 2 is 1.55 bits per heavy atom. The van der Waals surface area contributed by atoms with Crippen LogP contribution in [0, 0.1) is 0 Å². The van der Waals surface area contributed by atoms with Crippen LogP contribution in [0.3, 0.4) is 0 Å². The van der Waals surface area contributed by atoms with Gasteiger partial charge >= 0.3 is 5.97 Å². The van der Waals surface area contributed by atoms with E-state index in [1.165, 1.54) is 46.1 Å². The minimum atomic E-state index is -0.609. The van der Waals surface area contributed by atoms with Crippen molar-refractivity contribution in [1.82, 2.24) is 4.90 Å². The number of methoxy groups -OCH3 is 1. The Morgan fingerprint density at radius 1 is 0.818 bits per heavy atom. The summed E-state index contributed by atoms with van der Waals surface area (Å²) in [5.74, 6) is 0.477. The number of carbonyl (C=O) groups is 1. The third-order valence-corrected chi connectivity index (χ3v) is 8.66. The van der Waals surface area contributed by atoms with Crippen molar-refractivity contribution in [2.24, 2.45) is 0 Å². The molecule has 0 saturated heterocycles. The largest absolute Gasteiger partial charge is 0.492 e. The van der Waals surface area contributed by atoms with Gasteiger partial charge in [0, 0.05) is 20.1 Å². The van der Waals surface area contributed by atoms with Gasteiger partial charge < -0.3 is 14.2 Å². The van der Waals surface area contributed by atoms with Gasteiger partial charge in [-0.25, -0.2) is 4.79 Å². The van der Waals surface area contributed by atoms with E-state index in [9.17, 15) is 4.79 Å². The van der Waals surface area contributed by atoms with Crippen molar-refractivity contribution < 1.29 is 19.0 Å². The Labute approximate surface area is 262 Å². The highest BCUT2D eigenvalue weighted by Crippen LogP contribution is 2.37. The average Bonchev–Trinajstić information content (AvgIpc) is 3.21. The van der Waals surface area contributed by atoms with Crippen molar-refractivity contribution in [3.8, 4) is 5.75 Å². The highest BCUT2D eigenvalue weighted by atomic mass is 16.6. The number of fused-ring (bicyclic) bond motifs is 2. The predicted molar refractivity (Wildman–Crippen MR) is 176 cm³/mol. The zero-order valence-electron chi connectivity index (χ0n) is 26.6. The number of benzene rings is 4. The molecule has 4 aromatic carbocycles. The third-order valence-electron chi connectivity index (χ3n) is 8.66. The number of ether oxygens (including phenoxy) is 3. The first-order valence-electron chi connectivity index (χ1n) is 15.9. The van der Waals surface area contributed by atoms with Crippen LogP contribution in [-0.2, 0) is 46.4 Å². The fraction of sp³-hybridized carbons (Fsp3) is 0.359. The quantitative estimate of drug-likeness (QED) is 0.155. The highest BCUT2D eigenvalue weighted by Gasteiger charge is 2.27. The topological polar surface area (TPSA) is 48.0 Å². The molecule has 0 heterocycles. The van der Waals surface area contributed by atoms with Gasteiger partial charge in [0.1, 0.15) is 12.4 Å². The molecule has 5 nitrogen and oxygen atoms in total. The standard InChI is InChI=1S/C39H45NO4/c1-5-28-15-21-35-33(25-28)18-17-32-16-12-31(24-29-10-8-7-9-11-29)26-36(32)38(35)40(3)22-23-44-34-19-13-30(14-20-34)27-37(42-4)39(41)43-6-2/h7-16,19-21,25-26,37-38H,5-6,17-18,22-24,27H2,1-4H3. The van der Waals surface area contributed by atoms with E-state index < -0.39 is 6.10 Å². The summed E-state index contributed by atoms with van der Waals surface area (Å²) in [6.45, 7) is 5.71. The Bertz CT molecular complexity index is 1520. The zero-order chi connectivity index (χ0) is 30.9. The molecule has 0 bridgehead atoms. The molecule has 0 radical (unpaired) electrons. The maximum atomic E-state index is 12.1. The van der Waals surface area contributed by atoms with Crippen molar-refractivity contribution in [2.45, 2.75) is 58.1 Å². The molecule has 5 rings (SSSR count). The first-order valence-corrected chi connectivity index (χ1v) is 15.9. The second kappa shape index (κ2) is 15.2. The van der Waals surface area contributed by atoms with Gasteiger partial charge in [0.05, 0.1) is 12.6 Å². The van der Waals surface area contributed by atoms with E-state index in [1.54, 1.807) is 6.92 Å². The minimum Gasteiger partial charge on any atom is -0.492 e. The van der Waals surface area contributed by atoms with Crippen LogP contribution >= 0.6 is 0 Å². The Hall–Kier alpha value is -3.93. The molecule has 2 atom stereocenters. The molecule has 230 valence electrons. The molecule has 0 saturated carbocycles. The lowest BCUT2D eigenvalue weighted by atomic mass is 9.90. The summed E-state index contributed by atoms with van der Waals surface area (Å²) in [6.07, 6.45) is 3.93. The van der Waals surface area contributed by atoms with Gasteiger partial charge in [0.15, 0.2) is 6.10 Å². The lowest BCUT2D eigenvalue weighted by Gasteiger charge is -2.31. The zero-order valence-corrected chi connectivity index (χ0v) is 26.6. The van der Waals surface area contributed by atoms with Crippen molar-refractivity contribution in [3.63, 3.8) is 0 Å². The molecule has 1 aliphatic rings. The third kappa shape index (κ3) is 7.77. The molecule has 0 amide bonds. The smallest absolute Gasteiger partial charge is 0.335 e. The monoisotopic (exact) mass is 591 g/mol. The lowest BCUT2D eigenvalue weighted by Crippen LogP contribution is -2.30. The maximum absolute atomic E-state index is 12.1. The molecule has 2 unspecified atom stereocenters. The molecule has 0 fully saturated rings. The molecule has 0 spiro atoms. The van der Waals surface area contributed by atoms with Crippen LogP contribution < -0.4 is 4.74 Å². The van der Waals surface area contributed by atoms with Gasteiger partial charge in [-0.3, -0.25) is 4.90 Å². The van der Waals surface area contributed by atoms with Crippen molar-refractivity contribution in [3.05, 3.63) is 136 Å². The van der Waals surface area contributed by atoms with Crippen LogP contribution in [0.4, 0.5) is 0 Å². The summed E-state index contributed by atoms with van der Waals surface area (Å²) in [5.41, 5.74) is 10.8. The fourth-order valence-electron chi connectivity index (χ4n) is 6.21. The van der Waals surface area contributed by atoms with Gasteiger partial charge in [-0.15, -0.1) is 0 Å². The molecule has 4 aromatic rings. The first kappa shape index (κ1) is 31.5. The first-order chi connectivity index (χ1) is 21.5. The van der Waals surface area contributed by atoms with Crippen LogP contribution in [0.5, 0.6) is 5.75 Å². The number of esters is 1. The summed E-state index contributed by atoms with van der Waals surface area (Å²) >= 11 is 0. The molecule has 5 heteroatoms. The van der Waals surface area contributed by atoms with E-state index in [0.29, 0.717) is 19.6 Å². The van der Waals surface area contributed by atoms with E-state index in [4.69, 9.17) is 14.2 Å². The van der Waals surface area contributed by atoms with Crippen molar-refractivity contribution >= 4 is 5.97 Å². The number of rotatable bonds is 13. The van der Waals surface area contributed by atoms with Crippen LogP contribution in [-0.4, -0.2) is 50.9 Å². The van der Waals surface area contributed by atoms with Gasteiger partial charge in [0.25, 0.3) is 0 Å². The number of nitrogens with zero attached hydrogens (tertiary/aromatic N) is 1. The normalized spacial score (nSPS) is 14.8. The van der Waals surface area contributed by atoms with E-state index in [0.717, 1.165) is 43.5 Å². The molecule has 0 aromatic heterocycles. The van der Waals surface area contributed by atoms with Gasteiger partial charge in [0.2, 0.25) is 0 Å². The number of likely N-dealkylation sites (N-methyl/N-ethyl adjacent to an activating group) is 1. The Kier molecular flexibility index (Phi) is 10.9. The lowest BCUT2D eigenvalue weighted by molar-refractivity contribution is -0.154. The molecule has 1 aliphatic carbocycles. The van der Waals surface area contributed by atoms with Gasteiger partial charge in [-0.1, -0.05) is 85.8 Å². The van der Waals surface area contributed by atoms with Crippen LogP contribution in [0.25, 0.3) is 0 Å². The van der Waals surface area contributed by atoms with Crippen LogP contribution in [0.2, 0.25) is 0 Å². The number of aryl methyl sites for hydroxylation is 3. The minimum absolute atomic E-state index is 0.156. The van der Waals surface area contributed by atoms with Gasteiger partial charge in [-0.2, -0.15) is 0 Å². The van der Waals surface area contributed by atoms with Crippen molar-refractivity contribution in [1.29, 1.82) is 0 Å². The summed E-state index contributed by atoms with van der Waals surface area (Å²) < 4.78 is 16.7. The second-order valence-corrected chi connectivity index (χ2v) is 11.6. The fourth-order valence-corrected chi connectivity index (χ4v) is 6.21. The maximum Gasteiger partial charge on any atom is 0.335 e. The van der Waals surface area contributed by atoms with E-state index in [2.05, 4.69) is 85.6 Å². The SMILES string of the molecule is CCOC(=O)C(Cc1ccc(OCCN(C)C2c3ccc(CC)cc3CCc3ccc(Cc4ccccc4)cc32)cc1)OC. The number of hydrogen-bond donors (Lipinski definition) is 0. The van der Waals surface area contributed by atoms with E-state index in [-0.39, 0.29) is 12.0 Å². The van der Waals surface area contributed by atoms with E-state index >= 15 is 0 Å². The van der Waals surface area contributed by atoms with Crippen LogP contribution in [0.15, 0.2) is 91.0 Å². The highest BCUT2D eigenvalue weighted by molar-refractivity contribution is 5.75. The van der Waals surface area contributed by atoms with E-state index in [1.807, 2.05) is 24.3 Å². The number of carbonyl (C=O) groups excluding carboxylic acids is 1. The molecular weight excluding hydrogens is 546 g/mol. The summed E-state index contributed by atoms with van der Waals surface area (Å²) in [4.78, 5) is 14.6. The summed E-state index contributed by atoms with van der Waals surface area (Å²) in [7, 11) is 3.75. The Balaban J connectivity index is 1.31. The summed E-state index contributed by atoms with van der Waals surface area (Å²) in [5, 5.41) is 0. The Morgan fingerprint density at radius 3 is 2.27 bits per heavy atom. The van der Waals surface area contributed by atoms with Crippen LogP contribution in [0.1, 0.15) is 64.4 Å². The predicted octanol–water partition coefficient (Wildman–Crippen LogP) is 7.16.